The third-order valence-electron chi connectivity index (χ3n) is 2.55. The van der Waals surface area contributed by atoms with E-state index in [-0.39, 0.29) is 17.9 Å². The van der Waals surface area contributed by atoms with E-state index in [0.29, 0.717) is 17.8 Å². The topological polar surface area (TPSA) is 86.0 Å². The number of nitriles is 1. The number of anilines is 1. The molecule has 0 radical (unpaired) electrons. The van der Waals surface area contributed by atoms with Crippen molar-refractivity contribution in [2.45, 2.75) is 39.7 Å². The van der Waals surface area contributed by atoms with Crippen LogP contribution in [-0.4, -0.2) is 22.1 Å². The number of hydrogen-bond acceptors (Lipinski definition) is 4. The van der Waals surface area contributed by atoms with Crippen LogP contribution in [0.15, 0.2) is 18.3 Å². The lowest BCUT2D eigenvalue weighted by Crippen LogP contribution is -2.29. The van der Waals surface area contributed by atoms with E-state index in [1.165, 1.54) is 0 Å². The molecule has 1 unspecified atom stereocenters. The number of hydrogen-bond donors (Lipinski definition) is 2. The molecule has 102 valence electrons. The zero-order valence-corrected chi connectivity index (χ0v) is 11.5. The second kappa shape index (κ2) is 6.19. The molecule has 0 saturated heterocycles. The van der Waals surface area contributed by atoms with E-state index in [4.69, 9.17) is 10.4 Å². The second-order valence-corrected chi connectivity index (χ2v) is 5.72. The number of nitrogens with zero attached hydrogens (tertiary/aromatic N) is 2. The molecule has 1 heterocycles. The fourth-order valence-electron chi connectivity index (χ4n) is 1.93. The van der Waals surface area contributed by atoms with Gasteiger partial charge in [-0.25, -0.2) is 4.98 Å². The molecule has 1 aromatic heterocycles. The van der Waals surface area contributed by atoms with Gasteiger partial charge in [0, 0.05) is 12.2 Å². The molecule has 2 N–H and O–H groups in total. The van der Waals surface area contributed by atoms with Crippen molar-refractivity contribution in [3.8, 4) is 6.07 Å². The Balaban J connectivity index is 2.88. The predicted molar refractivity (Wildman–Crippen MR) is 72.7 cm³/mol. The standard InChI is InChI=1S/C14H19N3O2/c1-14(2,3)8-11(7-12(18)19)17-13-10(9-15)5-4-6-16-13/h4-6,11H,7-8H2,1-3H3,(H,16,17)(H,18,19). The Bertz CT molecular complexity index is 486. The van der Waals surface area contributed by atoms with E-state index in [2.05, 4.69) is 10.3 Å². The van der Waals surface area contributed by atoms with Crippen LogP contribution in [0.5, 0.6) is 0 Å². The summed E-state index contributed by atoms with van der Waals surface area (Å²) in [7, 11) is 0. The van der Waals surface area contributed by atoms with E-state index >= 15 is 0 Å². The minimum Gasteiger partial charge on any atom is -0.481 e. The van der Waals surface area contributed by atoms with Gasteiger partial charge in [-0.15, -0.1) is 0 Å². The maximum Gasteiger partial charge on any atom is 0.305 e. The van der Waals surface area contributed by atoms with Crippen LogP contribution in [0.25, 0.3) is 0 Å². The number of carbonyl (C=O) groups is 1. The van der Waals surface area contributed by atoms with E-state index in [1.807, 2.05) is 26.8 Å². The summed E-state index contributed by atoms with van der Waals surface area (Å²) in [5.41, 5.74) is 0.418. The fraction of sp³-hybridized carbons (Fsp3) is 0.500. The van der Waals surface area contributed by atoms with Crippen LogP contribution in [0.1, 0.15) is 39.2 Å². The molecular weight excluding hydrogens is 242 g/mol. The number of carboxylic acids is 1. The lowest BCUT2D eigenvalue weighted by Gasteiger charge is -2.26. The van der Waals surface area contributed by atoms with Gasteiger partial charge in [-0.3, -0.25) is 4.79 Å². The summed E-state index contributed by atoms with van der Waals surface area (Å²) >= 11 is 0. The van der Waals surface area contributed by atoms with E-state index < -0.39 is 5.97 Å². The number of nitrogens with one attached hydrogen (secondary N) is 1. The molecule has 19 heavy (non-hydrogen) atoms. The molecule has 0 aromatic carbocycles. The molecule has 0 spiro atoms. The van der Waals surface area contributed by atoms with Crippen LogP contribution in [0.3, 0.4) is 0 Å². The first-order valence-corrected chi connectivity index (χ1v) is 6.15. The van der Waals surface area contributed by atoms with Gasteiger partial charge in [-0.1, -0.05) is 20.8 Å². The first-order valence-electron chi connectivity index (χ1n) is 6.15. The Labute approximate surface area is 113 Å². The van der Waals surface area contributed by atoms with Crippen molar-refractivity contribution in [2.24, 2.45) is 5.41 Å². The summed E-state index contributed by atoms with van der Waals surface area (Å²) in [6.07, 6.45) is 2.26. The molecule has 1 atom stereocenters. The molecule has 0 aliphatic rings. The summed E-state index contributed by atoms with van der Waals surface area (Å²) in [5, 5.41) is 21.0. The molecule has 1 aromatic rings. The molecule has 0 bridgehead atoms. The van der Waals surface area contributed by atoms with Gasteiger partial charge < -0.3 is 10.4 Å². The molecular formula is C14H19N3O2. The zero-order chi connectivity index (χ0) is 14.5. The maximum absolute atomic E-state index is 10.9. The van der Waals surface area contributed by atoms with Gasteiger partial charge in [0.25, 0.3) is 0 Å². The molecule has 5 heteroatoms. The normalized spacial score (nSPS) is 12.5. The third-order valence-corrected chi connectivity index (χ3v) is 2.55. The Morgan fingerprint density at radius 3 is 2.79 bits per heavy atom. The number of pyridine rings is 1. The number of carboxylic acid groups (broad SMARTS) is 1. The maximum atomic E-state index is 10.9. The molecule has 5 nitrogen and oxygen atoms in total. The van der Waals surface area contributed by atoms with Crippen molar-refractivity contribution in [1.82, 2.24) is 4.98 Å². The van der Waals surface area contributed by atoms with E-state index in [0.717, 1.165) is 0 Å². The second-order valence-electron chi connectivity index (χ2n) is 5.72. The monoisotopic (exact) mass is 261 g/mol. The number of aliphatic carboxylic acids is 1. The van der Waals surface area contributed by atoms with Crippen LogP contribution >= 0.6 is 0 Å². The van der Waals surface area contributed by atoms with Crippen molar-refractivity contribution in [2.75, 3.05) is 5.32 Å². The summed E-state index contributed by atoms with van der Waals surface area (Å²) in [4.78, 5) is 15.0. The lowest BCUT2D eigenvalue weighted by atomic mass is 9.87. The summed E-state index contributed by atoms with van der Waals surface area (Å²) in [5.74, 6) is -0.420. The Morgan fingerprint density at radius 2 is 2.26 bits per heavy atom. The first kappa shape index (κ1) is 15.0. The van der Waals surface area contributed by atoms with Crippen LogP contribution in [0.4, 0.5) is 5.82 Å². The smallest absolute Gasteiger partial charge is 0.305 e. The van der Waals surface area contributed by atoms with Crippen molar-refractivity contribution < 1.29 is 9.90 Å². The molecule has 0 amide bonds. The molecule has 0 aliphatic carbocycles. The van der Waals surface area contributed by atoms with Crippen LogP contribution < -0.4 is 5.32 Å². The average Bonchev–Trinajstić information content (AvgIpc) is 2.26. The molecule has 0 aliphatic heterocycles. The summed E-state index contributed by atoms with van der Waals surface area (Å²) in [6.45, 7) is 6.15. The molecule has 0 saturated carbocycles. The Kier molecular flexibility index (Phi) is 4.87. The molecule has 0 fully saturated rings. The highest BCUT2D eigenvalue weighted by Gasteiger charge is 2.22. The fourth-order valence-corrected chi connectivity index (χ4v) is 1.93. The Hall–Kier alpha value is -2.09. The quantitative estimate of drug-likeness (QED) is 0.851. The van der Waals surface area contributed by atoms with Gasteiger partial charge in [0.15, 0.2) is 0 Å². The van der Waals surface area contributed by atoms with Gasteiger partial charge in [0.05, 0.1) is 12.0 Å². The van der Waals surface area contributed by atoms with Crippen molar-refractivity contribution in [3.63, 3.8) is 0 Å². The van der Waals surface area contributed by atoms with Crippen molar-refractivity contribution in [1.29, 1.82) is 5.26 Å². The van der Waals surface area contributed by atoms with E-state index in [1.54, 1.807) is 18.3 Å². The van der Waals surface area contributed by atoms with Crippen LogP contribution in [-0.2, 0) is 4.79 Å². The molecule has 1 rings (SSSR count). The third kappa shape index (κ3) is 5.38. The highest BCUT2D eigenvalue weighted by atomic mass is 16.4. The summed E-state index contributed by atoms with van der Waals surface area (Å²) < 4.78 is 0. The van der Waals surface area contributed by atoms with Crippen molar-refractivity contribution in [3.05, 3.63) is 23.9 Å². The highest BCUT2D eigenvalue weighted by Crippen LogP contribution is 2.24. The van der Waals surface area contributed by atoms with Gasteiger partial charge in [0.1, 0.15) is 11.9 Å². The van der Waals surface area contributed by atoms with Crippen molar-refractivity contribution >= 4 is 11.8 Å². The predicted octanol–water partition coefficient (Wildman–Crippen LogP) is 2.64. The SMILES string of the molecule is CC(C)(C)CC(CC(=O)O)Nc1ncccc1C#N. The largest absolute Gasteiger partial charge is 0.481 e. The van der Waals surface area contributed by atoms with Gasteiger partial charge in [-0.2, -0.15) is 5.26 Å². The van der Waals surface area contributed by atoms with Gasteiger partial charge in [0.2, 0.25) is 0 Å². The van der Waals surface area contributed by atoms with Gasteiger partial charge in [-0.05, 0) is 24.0 Å². The number of aromatic nitrogens is 1. The highest BCUT2D eigenvalue weighted by molar-refractivity contribution is 5.68. The summed E-state index contributed by atoms with van der Waals surface area (Å²) in [6, 6.07) is 5.13. The zero-order valence-electron chi connectivity index (χ0n) is 11.5. The van der Waals surface area contributed by atoms with E-state index in [9.17, 15) is 4.79 Å². The minimum absolute atomic E-state index is 0.00128. The van der Waals surface area contributed by atoms with Crippen LogP contribution in [0, 0.1) is 16.7 Å². The first-order chi connectivity index (χ1) is 8.81. The minimum atomic E-state index is -0.865. The number of rotatable bonds is 5. The average molecular weight is 261 g/mol. The van der Waals surface area contributed by atoms with Crippen LogP contribution in [0.2, 0.25) is 0 Å². The van der Waals surface area contributed by atoms with Gasteiger partial charge >= 0.3 is 5.97 Å². The Morgan fingerprint density at radius 1 is 1.58 bits per heavy atom. The lowest BCUT2D eigenvalue weighted by molar-refractivity contribution is -0.137.